The van der Waals surface area contributed by atoms with Crippen molar-refractivity contribution < 1.29 is 9.18 Å². The summed E-state index contributed by atoms with van der Waals surface area (Å²) in [6, 6.07) is 12.4. The Labute approximate surface area is 146 Å². The van der Waals surface area contributed by atoms with E-state index in [1.165, 1.54) is 26.4 Å². The number of amides is 1. The van der Waals surface area contributed by atoms with Gasteiger partial charge in [0.25, 0.3) is 0 Å². The van der Waals surface area contributed by atoms with Crippen LogP contribution in [0, 0.1) is 5.82 Å². The van der Waals surface area contributed by atoms with Gasteiger partial charge in [-0.05, 0) is 35.9 Å². The number of aromatic nitrogens is 3. The average Bonchev–Trinajstić information content (AvgIpc) is 3.04. The summed E-state index contributed by atoms with van der Waals surface area (Å²) >= 11 is 5.98. The maximum atomic E-state index is 13.4. The van der Waals surface area contributed by atoms with Gasteiger partial charge in [0.05, 0.1) is 13.1 Å². The van der Waals surface area contributed by atoms with E-state index in [9.17, 15) is 14.0 Å². The van der Waals surface area contributed by atoms with E-state index in [2.05, 4.69) is 4.98 Å². The lowest BCUT2D eigenvalue weighted by molar-refractivity contribution is 0.244. The molecule has 3 aromatic rings. The molecule has 2 aromatic carbocycles. The van der Waals surface area contributed by atoms with Crippen molar-refractivity contribution in [1.29, 1.82) is 0 Å². The van der Waals surface area contributed by atoms with Crippen molar-refractivity contribution in [3.63, 3.8) is 0 Å². The lowest BCUT2D eigenvalue weighted by Gasteiger charge is -2.16. The maximum absolute atomic E-state index is 13.4. The first kappa shape index (κ1) is 15.6. The van der Waals surface area contributed by atoms with Gasteiger partial charge in [0.1, 0.15) is 5.82 Å². The molecule has 0 saturated heterocycles. The van der Waals surface area contributed by atoms with Crippen molar-refractivity contribution >= 4 is 23.3 Å². The SMILES string of the molecule is O=C1N(c2cccc(Cl)c2)Cc2nc(=O)n(Cc3cccc(F)c3)n21. The van der Waals surface area contributed by atoms with Gasteiger partial charge >= 0.3 is 11.7 Å². The number of fused-ring (bicyclic) bond motifs is 1. The minimum Gasteiger partial charge on any atom is -0.285 e. The van der Waals surface area contributed by atoms with E-state index in [1.807, 2.05) is 0 Å². The van der Waals surface area contributed by atoms with E-state index in [0.29, 0.717) is 22.1 Å². The third kappa shape index (κ3) is 2.72. The van der Waals surface area contributed by atoms with Gasteiger partial charge in [-0.15, -0.1) is 0 Å². The molecule has 1 amide bonds. The van der Waals surface area contributed by atoms with Crippen LogP contribution in [0.3, 0.4) is 0 Å². The first-order chi connectivity index (χ1) is 12.0. The van der Waals surface area contributed by atoms with Crippen molar-refractivity contribution in [2.24, 2.45) is 0 Å². The molecule has 1 aliphatic heterocycles. The third-order valence-electron chi connectivity index (χ3n) is 3.98. The quantitative estimate of drug-likeness (QED) is 0.723. The van der Waals surface area contributed by atoms with Crippen LogP contribution in [-0.2, 0) is 13.1 Å². The summed E-state index contributed by atoms with van der Waals surface area (Å²) < 4.78 is 15.8. The second-order valence-corrected chi connectivity index (χ2v) is 6.10. The highest BCUT2D eigenvalue weighted by molar-refractivity contribution is 6.30. The topological polar surface area (TPSA) is 60.1 Å². The van der Waals surface area contributed by atoms with Crippen LogP contribution in [-0.4, -0.2) is 20.4 Å². The molecule has 8 heteroatoms. The molecule has 0 fully saturated rings. The second-order valence-electron chi connectivity index (χ2n) is 5.66. The molecule has 4 rings (SSSR count). The number of hydrogen-bond acceptors (Lipinski definition) is 3. The molecular weight excluding hydrogens is 347 g/mol. The van der Waals surface area contributed by atoms with Crippen molar-refractivity contribution in [3.05, 3.63) is 81.2 Å². The van der Waals surface area contributed by atoms with Gasteiger partial charge in [0.15, 0.2) is 5.82 Å². The zero-order valence-corrected chi connectivity index (χ0v) is 13.7. The van der Waals surface area contributed by atoms with E-state index in [0.717, 1.165) is 0 Å². The number of hydrogen-bond donors (Lipinski definition) is 0. The lowest BCUT2D eigenvalue weighted by atomic mass is 10.2. The summed E-state index contributed by atoms with van der Waals surface area (Å²) in [6.07, 6.45) is 0. The highest BCUT2D eigenvalue weighted by Gasteiger charge is 2.33. The van der Waals surface area contributed by atoms with Crippen molar-refractivity contribution in [2.75, 3.05) is 4.90 Å². The minimum atomic E-state index is -0.543. The van der Waals surface area contributed by atoms with Gasteiger partial charge in [0, 0.05) is 10.7 Å². The highest BCUT2D eigenvalue weighted by atomic mass is 35.5. The van der Waals surface area contributed by atoms with Crippen molar-refractivity contribution in [3.8, 4) is 0 Å². The van der Waals surface area contributed by atoms with Gasteiger partial charge < -0.3 is 0 Å². The van der Waals surface area contributed by atoms with Crippen LogP contribution in [0.5, 0.6) is 0 Å². The molecule has 0 spiro atoms. The Kier molecular flexibility index (Phi) is 3.65. The number of anilines is 1. The predicted octanol–water partition coefficient (Wildman–Crippen LogP) is 2.87. The maximum Gasteiger partial charge on any atom is 0.364 e. The molecule has 0 unspecified atom stereocenters. The van der Waals surface area contributed by atoms with Gasteiger partial charge in [-0.1, -0.05) is 29.8 Å². The molecule has 2 heterocycles. The molecule has 0 bridgehead atoms. The normalized spacial score (nSPS) is 13.4. The molecule has 0 N–H and O–H groups in total. The van der Waals surface area contributed by atoms with Gasteiger partial charge in [-0.2, -0.15) is 9.67 Å². The first-order valence-corrected chi connectivity index (χ1v) is 7.91. The van der Waals surface area contributed by atoms with Crippen LogP contribution in [0.1, 0.15) is 11.4 Å². The molecule has 0 saturated carbocycles. The molecule has 126 valence electrons. The largest absolute Gasteiger partial charge is 0.364 e. The van der Waals surface area contributed by atoms with Crippen molar-refractivity contribution in [2.45, 2.75) is 13.1 Å². The van der Waals surface area contributed by atoms with E-state index in [4.69, 9.17) is 11.6 Å². The average molecular weight is 359 g/mol. The summed E-state index contributed by atoms with van der Waals surface area (Å²) in [5.74, 6) is -0.0648. The summed E-state index contributed by atoms with van der Waals surface area (Å²) in [4.78, 5) is 30.3. The number of halogens is 2. The fraction of sp³-hybridized carbons (Fsp3) is 0.118. The summed E-state index contributed by atoms with van der Waals surface area (Å²) in [5, 5.41) is 0.506. The van der Waals surface area contributed by atoms with Gasteiger partial charge in [-0.25, -0.2) is 18.7 Å². The Morgan fingerprint density at radius 3 is 2.68 bits per heavy atom. The fourth-order valence-electron chi connectivity index (χ4n) is 2.87. The first-order valence-electron chi connectivity index (χ1n) is 7.53. The van der Waals surface area contributed by atoms with Crippen LogP contribution in [0.15, 0.2) is 53.3 Å². The summed E-state index contributed by atoms with van der Waals surface area (Å²) in [7, 11) is 0. The van der Waals surface area contributed by atoms with Crippen LogP contribution in [0.25, 0.3) is 0 Å². The van der Waals surface area contributed by atoms with Crippen LogP contribution in [0.4, 0.5) is 14.9 Å². The molecule has 1 aliphatic rings. The Bertz CT molecular complexity index is 1040. The number of nitrogens with zero attached hydrogens (tertiary/aromatic N) is 4. The monoisotopic (exact) mass is 358 g/mol. The number of rotatable bonds is 3. The fourth-order valence-corrected chi connectivity index (χ4v) is 3.06. The second kappa shape index (κ2) is 5.86. The molecular formula is C17H12ClFN4O2. The van der Waals surface area contributed by atoms with E-state index < -0.39 is 17.5 Å². The number of carbonyl (C=O) groups is 1. The van der Waals surface area contributed by atoms with Gasteiger partial charge in [0.2, 0.25) is 0 Å². The van der Waals surface area contributed by atoms with Crippen LogP contribution in [0.2, 0.25) is 5.02 Å². The Morgan fingerprint density at radius 2 is 1.92 bits per heavy atom. The number of benzene rings is 2. The molecule has 0 radical (unpaired) electrons. The summed E-state index contributed by atoms with van der Waals surface area (Å²) in [5.41, 5.74) is 0.643. The third-order valence-corrected chi connectivity index (χ3v) is 4.22. The van der Waals surface area contributed by atoms with Crippen molar-refractivity contribution in [1.82, 2.24) is 14.3 Å². The zero-order chi connectivity index (χ0) is 17.6. The molecule has 1 aromatic heterocycles. The minimum absolute atomic E-state index is 0.0543. The van der Waals surface area contributed by atoms with E-state index in [-0.39, 0.29) is 13.1 Å². The molecule has 6 nitrogen and oxygen atoms in total. The van der Waals surface area contributed by atoms with E-state index >= 15 is 0 Å². The predicted molar refractivity (Wildman–Crippen MR) is 90.4 cm³/mol. The lowest BCUT2D eigenvalue weighted by Crippen LogP contribution is -2.34. The van der Waals surface area contributed by atoms with E-state index in [1.54, 1.807) is 36.4 Å². The molecule has 0 atom stereocenters. The number of carbonyl (C=O) groups excluding carboxylic acids is 1. The molecule has 25 heavy (non-hydrogen) atoms. The Balaban J connectivity index is 1.71. The van der Waals surface area contributed by atoms with Crippen LogP contribution < -0.4 is 10.6 Å². The highest BCUT2D eigenvalue weighted by Crippen LogP contribution is 2.25. The van der Waals surface area contributed by atoms with Gasteiger partial charge in [-0.3, -0.25) is 4.90 Å². The Hall–Kier alpha value is -2.93. The Morgan fingerprint density at radius 1 is 1.12 bits per heavy atom. The molecule has 0 aliphatic carbocycles. The standard InChI is InChI=1S/C17H12ClFN4O2/c18-12-4-2-6-14(8-12)21-10-15-20-16(24)22(23(15)17(21)25)9-11-3-1-5-13(19)7-11/h1-8H,9-10H2. The summed E-state index contributed by atoms with van der Waals surface area (Å²) in [6.45, 7) is 0.225. The smallest absolute Gasteiger partial charge is 0.285 e. The van der Waals surface area contributed by atoms with Crippen LogP contribution >= 0.6 is 11.6 Å². The zero-order valence-electron chi connectivity index (χ0n) is 12.9.